The molecular weight excluding hydrogens is 230 g/mol. The van der Waals surface area contributed by atoms with E-state index in [0.29, 0.717) is 12.1 Å². The van der Waals surface area contributed by atoms with Crippen molar-refractivity contribution in [2.24, 2.45) is 10.8 Å². The molecule has 0 aromatic carbocycles. The third-order valence-electron chi connectivity index (χ3n) is 3.85. The van der Waals surface area contributed by atoms with Gasteiger partial charge in [-0.1, -0.05) is 34.6 Å². The van der Waals surface area contributed by atoms with Crippen molar-refractivity contribution in [3.05, 3.63) is 23.7 Å². The first-order valence-electron chi connectivity index (χ1n) is 6.15. The standard InChI is InChI=1S/C14H23NO3/c1-13(2,3)14(4,5)9-15-8-10-6-7-18-11(10)12(16)17/h6-7,15H,8-9H2,1-5H3,(H,16,17). The van der Waals surface area contributed by atoms with Gasteiger partial charge < -0.3 is 14.8 Å². The van der Waals surface area contributed by atoms with E-state index in [1.807, 2.05) is 0 Å². The van der Waals surface area contributed by atoms with Crippen molar-refractivity contribution in [2.45, 2.75) is 41.2 Å². The number of carboxylic acid groups (broad SMARTS) is 1. The SMILES string of the molecule is CC(C)(C)C(C)(C)CNCc1ccoc1C(=O)O. The molecule has 0 aliphatic carbocycles. The van der Waals surface area contributed by atoms with Crippen LogP contribution in [0.15, 0.2) is 16.7 Å². The molecule has 2 N–H and O–H groups in total. The highest BCUT2D eigenvalue weighted by molar-refractivity contribution is 5.86. The minimum atomic E-state index is -1.02. The summed E-state index contributed by atoms with van der Waals surface area (Å²) in [4.78, 5) is 10.9. The number of furan rings is 1. The van der Waals surface area contributed by atoms with Gasteiger partial charge in [0.05, 0.1) is 6.26 Å². The van der Waals surface area contributed by atoms with Crippen LogP contribution >= 0.6 is 0 Å². The molecule has 4 nitrogen and oxygen atoms in total. The topological polar surface area (TPSA) is 62.5 Å². The first kappa shape index (κ1) is 14.8. The first-order valence-corrected chi connectivity index (χ1v) is 6.15. The largest absolute Gasteiger partial charge is 0.475 e. The van der Waals surface area contributed by atoms with Gasteiger partial charge in [0.2, 0.25) is 5.76 Å². The maximum absolute atomic E-state index is 10.9. The Labute approximate surface area is 108 Å². The smallest absolute Gasteiger partial charge is 0.372 e. The summed E-state index contributed by atoms with van der Waals surface area (Å²) >= 11 is 0. The van der Waals surface area contributed by atoms with Gasteiger partial charge in [-0.05, 0) is 16.9 Å². The summed E-state index contributed by atoms with van der Waals surface area (Å²) in [6.07, 6.45) is 1.41. The van der Waals surface area contributed by atoms with Crippen molar-refractivity contribution in [1.29, 1.82) is 0 Å². The van der Waals surface area contributed by atoms with Crippen molar-refractivity contribution >= 4 is 5.97 Å². The molecule has 0 fully saturated rings. The Morgan fingerprint density at radius 2 is 1.94 bits per heavy atom. The minimum Gasteiger partial charge on any atom is -0.475 e. The molecule has 0 aliphatic rings. The van der Waals surface area contributed by atoms with Crippen molar-refractivity contribution < 1.29 is 14.3 Å². The molecule has 0 aliphatic heterocycles. The Morgan fingerprint density at radius 3 is 2.44 bits per heavy atom. The quantitative estimate of drug-likeness (QED) is 0.846. The summed E-state index contributed by atoms with van der Waals surface area (Å²) in [6.45, 7) is 12.3. The summed E-state index contributed by atoms with van der Waals surface area (Å²) in [6, 6.07) is 1.69. The highest BCUT2D eigenvalue weighted by Gasteiger charge is 2.32. The van der Waals surface area contributed by atoms with Crippen LogP contribution in [0.4, 0.5) is 0 Å². The second-order valence-electron chi connectivity index (χ2n) is 6.32. The van der Waals surface area contributed by atoms with Crippen LogP contribution in [0.25, 0.3) is 0 Å². The molecule has 0 atom stereocenters. The van der Waals surface area contributed by atoms with E-state index in [4.69, 9.17) is 9.52 Å². The Morgan fingerprint density at radius 1 is 1.33 bits per heavy atom. The lowest BCUT2D eigenvalue weighted by atomic mass is 9.69. The van der Waals surface area contributed by atoms with E-state index in [2.05, 4.69) is 39.9 Å². The highest BCUT2D eigenvalue weighted by atomic mass is 16.4. The van der Waals surface area contributed by atoms with Gasteiger partial charge in [-0.15, -0.1) is 0 Å². The van der Waals surface area contributed by atoms with E-state index in [9.17, 15) is 4.79 Å². The average molecular weight is 253 g/mol. The molecule has 1 heterocycles. The second-order valence-corrected chi connectivity index (χ2v) is 6.32. The summed E-state index contributed by atoms with van der Waals surface area (Å²) < 4.78 is 4.94. The maximum atomic E-state index is 10.9. The maximum Gasteiger partial charge on any atom is 0.372 e. The van der Waals surface area contributed by atoms with Gasteiger partial charge in [0.1, 0.15) is 0 Å². The molecule has 18 heavy (non-hydrogen) atoms. The van der Waals surface area contributed by atoms with Gasteiger partial charge in [0, 0.05) is 18.7 Å². The van der Waals surface area contributed by atoms with Crippen molar-refractivity contribution in [3.63, 3.8) is 0 Å². The van der Waals surface area contributed by atoms with Gasteiger partial charge in [-0.25, -0.2) is 4.79 Å². The molecule has 1 aromatic heterocycles. The van der Waals surface area contributed by atoms with Crippen molar-refractivity contribution in [3.8, 4) is 0 Å². The Balaban J connectivity index is 2.57. The molecule has 0 saturated heterocycles. The molecule has 0 radical (unpaired) electrons. The predicted molar refractivity (Wildman–Crippen MR) is 70.6 cm³/mol. The monoisotopic (exact) mass is 253 g/mol. The number of carboxylic acids is 1. The fourth-order valence-corrected chi connectivity index (χ4v) is 1.44. The number of nitrogens with one attached hydrogen (secondary N) is 1. The van der Waals surface area contributed by atoms with Crippen LogP contribution < -0.4 is 5.32 Å². The molecule has 0 amide bonds. The lowest BCUT2D eigenvalue weighted by Gasteiger charge is -2.39. The molecule has 0 saturated carbocycles. The third-order valence-corrected chi connectivity index (χ3v) is 3.85. The molecule has 0 bridgehead atoms. The van der Waals surface area contributed by atoms with Gasteiger partial charge in [0.15, 0.2) is 0 Å². The fourth-order valence-electron chi connectivity index (χ4n) is 1.44. The Bertz CT molecular complexity index is 413. The van der Waals surface area contributed by atoms with Crippen LogP contribution in [0.3, 0.4) is 0 Å². The van der Waals surface area contributed by atoms with E-state index in [1.165, 1.54) is 6.26 Å². The first-order chi connectivity index (χ1) is 8.15. The van der Waals surface area contributed by atoms with Gasteiger partial charge in [-0.2, -0.15) is 0 Å². The lowest BCUT2D eigenvalue weighted by Crippen LogP contribution is -2.39. The summed E-state index contributed by atoms with van der Waals surface area (Å²) in [5.74, 6) is -0.997. The van der Waals surface area contributed by atoms with Crippen LogP contribution in [-0.4, -0.2) is 17.6 Å². The number of rotatable bonds is 5. The lowest BCUT2D eigenvalue weighted by molar-refractivity contribution is 0.0660. The Hall–Kier alpha value is -1.29. The molecule has 1 aromatic rings. The molecule has 1 rings (SSSR count). The van der Waals surface area contributed by atoms with Crippen LogP contribution in [0.5, 0.6) is 0 Å². The van der Waals surface area contributed by atoms with E-state index in [0.717, 1.165) is 6.54 Å². The van der Waals surface area contributed by atoms with E-state index >= 15 is 0 Å². The third kappa shape index (κ3) is 3.35. The zero-order valence-corrected chi connectivity index (χ0v) is 11.8. The number of aromatic carboxylic acids is 1. The Kier molecular flexibility index (Phi) is 4.22. The summed E-state index contributed by atoms with van der Waals surface area (Å²) in [7, 11) is 0. The van der Waals surface area contributed by atoms with Crippen molar-refractivity contribution in [2.75, 3.05) is 6.54 Å². The average Bonchev–Trinajstić information content (AvgIpc) is 2.63. The molecule has 0 spiro atoms. The van der Waals surface area contributed by atoms with E-state index < -0.39 is 5.97 Å². The van der Waals surface area contributed by atoms with Gasteiger partial charge >= 0.3 is 5.97 Å². The summed E-state index contributed by atoms with van der Waals surface area (Å²) in [5, 5.41) is 12.2. The molecular formula is C14H23NO3. The highest BCUT2D eigenvalue weighted by Crippen LogP contribution is 2.37. The normalized spacial score (nSPS) is 12.7. The zero-order valence-electron chi connectivity index (χ0n) is 11.8. The van der Waals surface area contributed by atoms with Crippen LogP contribution in [-0.2, 0) is 6.54 Å². The van der Waals surface area contributed by atoms with E-state index in [1.54, 1.807) is 6.07 Å². The minimum absolute atomic E-state index is 0.0241. The van der Waals surface area contributed by atoms with Crippen LogP contribution in [0.1, 0.15) is 50.7 Å². The molecule has 0 unspecified atom stereocenters. The summed E-state index contributed by atoms with van der Waals surface area (Å²) in [5.41, 5.74) is 0.999. The van der Waals surface area contributed by atoms with E-state index in [-0.39, 0.29) is 16.6 Å². The van der Waals surface area contributed by atoms with Gasteiger partial charge in [-0.3, -0.25) is 0 Å². The van der Waals surface area contributed by atoms with Crippen LogP contribution in [0.2, 0.25) is 0 Å². The van der Waals surface area contributed by atoms with Crippen molar-refractivity contribution in [1.82, 2.24) is 5.32 Å². The molecule has 4 heteroatoms. The molecule has 102 valence electrons. The predicted octanol–water partition coefficient (Wildman–Crippen LogP) is 3.14. The zero-order chi connectivity index (χ0) is 14.0. The number of carbonyl (C=O) groups is 1. The number of hydrogen-bond donors (Lipinski definition) is 2. The second kappa shape index (κ2) is 5.14. The van der Waals surface area contributed by atoms with Gasteiger partial charge in [0.25, 0.3) is 0 Å². The van der Waals surface area contributed by atoms with Crippen LogP contribution in [0, 0.1) is 10.8 Å². The number of hydrogen-bond acceptors (Lipinski definition) is 3. The fraction of sp³-hybridized carbons (Fsp3) is 0.643.